The van der Waals surface area contributed by atoms with Crippen molar-refractivity contribution in [1.29, 1.82) is 0 Å². The van der Waals surface area contributed by atoms with E-state index in [0.29, 0.717) is 16.8 Å². The van der Waals surface area contributed by atoms with Crippen molar-refractivity contribution in [3.8, 4) is 0 Å². The van der Waals surface area contributed by atoms with Crippen LogP contribution in [0.2, 0.25) is 0 Å². The molecule has 0 saturated heterocycles. The second-order valence-electron chi connectivity index (χ2n) is 8.48. The number of anilines is 1. The summed E-state index contributed by atoms with van der Waals surface area (Å²) in [6.07, 6.45) is 2.35. The lowest BCUT2D eigenvalue weighted by Gasteiger charge is -2.39. The highest BCUT2D eigenvalue weighted by Crippen LogP contribution is 2.38. The Bertz CT molecular complexity index is 1210. The minimum Gasteiger partial charge on any atom is -0.389 e. The van der Waals surface area contributed by atoms with Crippen LogP contribution in [0.4, 0.5) is 5.95 Å². The fourth-order valence-electron chi connectivity index (χ4n) is 4.43. The highest BCUT2D eigenvalue weighted by molar-refractivity contribution is 7.90. The number of benzene rings is 1. The zero-order valence-electron chi connectivity index (χ0n) is 18.0. The van der Waals surface area contributed by atoms with Crippen LogP contribution in [-0.2, 0) is 16.4 Å². The molecule has 2 aromatic heterocycles. The number of sulfone groups is 1. The van der Waals surface area contributed by atoms with Gasteiger partial charge in [0.05, 0.1) is 17.0 Å². The summed E-state index contributed by atoms with van der Waals surface area (Å²) in [7, 11) is -3.26. The first-order valence-electron chi connectivity index (χ1n) is 10.2. The van der Waals surface area contributed by atoms with Gasteiger partial charge in [0.25, 0.3) is 0 Å². The van der Waals surface area contributed by atoms with Crippen molar-refractivity contribution in [2.45, 2.75) is 51.3 Å². The molecule has 1 aromatic carbocycles. The van der Waals surface area contributed by atoms with Gasteiger partial charge in [-0.05, 0) is 38.0 Å². The number of hydrogen-bond donors (Lipinski definition) is 1. The summed E-state index contributed by atoms with van der Waals surface area (Å²) in [5.41, 5.74) is 3.60. The van der Waals surface area contributed by atoms with Gasteiger partial charge in [0.15, 0.2) is 9.84 Å². The van der Waals surface area contributed by atoms with Gasteiger partial charge in [-0.1, -0.05) is 19.9 Å². The predicted molar refractivity (Wildman–Crippen MR) is 117 cm³/mol. The van der Waals surface area contributed by atoms with E-state index in [0.717, 1.165) is 40.9 Å². The van der Waals surface area contributed by atoms with Gasteiger partial charge in [-0.3, -0.25) is 0 Å². The molecule has 0 saturated carbocycles. The fourth-order valence-corrected chi connectivity index (χ4v) is 5.07. The molecule has 7 nitrogen and oxygen atoms in total. The van der Waals surface area contributed by atoms with Crippen molar-refractivity contribution < 1.29 is 13.5 Å². The van der Waals surface area contributed by atoms with Crippen LogP contribution in [0, 0.1) is 12.8 Å². The topological polar surface area (TPSA) is 88.3 Å². The summed E-state index contributed by atoms with van der Waals surface area (Å²) in [5.74, 6) is 0.951. The molecule has 3 aromatic rings. The highest BCUT2D eigenvalue weighted by Gasteiger charge is 2.33. The summed E-state index contributed by atoms with van der Waals surface area (Å²) in [4.78, 5) is 11.8. The van der Waals surface area contributed by atoms with Crippen molar-refractivity contribution in [1.82, 2.24) is 14.5 Å². The maximum atomic E-state index is 12.0. The molecule has 0 spiro atoms. The molecular weight excluding hydrogens is 400 g/mol. The Hall–Kier alpha value is -2.45. The van der Waals surface area contributed by atoms with Crippen LogP contribution in [0.3, 0.4) is 0 Å². The minimum atomic E-state index is -3.26. The molecule has 0 fully saturated rings. The molecule has 0 bridgehead atoms. The highest BCUT2D eigenvalue weighted by atomic mass is 32.2. The van der Waals surface area contributed by atoms with E-state index in [1.807, 2.05) is 13.0 Å². The first-order valence-corrected chi connectivity index (χ1v) is 12.1. The molecule has 2 atom stereocenters. The largest absolute Gasteiger partial charge is 0.389 e. The number of rotatable bonds is 4. The van der Waals surface area contributed by atoms with Crippen LogP contribution in [0.5, 0.6) is 0 Å². The molecule has 0 amide bonds. The lowest BCUT2D eigenvalue weighted by atomic mass is 9.97. The minimum absolute atomic E-state index is 0.0598. The predicted octanol–water partition coefficient (Wildman–Crippen LogP) is 3.41. The van der Waals surface area contributed by atoms with E-state index in [2.05, 4.69) is 34.4 Å². The van der Waals surface area contributed by atoms with E-state index in [9.17, 15) is 13.5 Å². The number of aliphatic hydroxyl groups excluding tert-OH is 1. The molecule has 3 heterocycles. The van der Waals surface area contributed by atoms with Crippen molar-refractivity contribution in [2.75, 3.05) is 17.7 Å². The van der Waals surface area contributed by atoms with Gasteiger partial charge in [0.2, 0.25) is 5.95 Å². The van der Waals surface area contributed by atoms with Crippen LogP contribution in [0.1, 0.15) is 49.9 Å². The molecular formula is C22H28N4O3S. The second-order valence-corrected chi connectivity index (χ2v) is 10.5. The summed E-state index contributed by atoms with van der Waals surface area (Å²) < 4.78 is 26.3. The van der Waals surface area contributed by atoms with Crippen molar-refractivity contribution in [2.24, 2.45) is 5.92 Å². The summed E-state index contributed by atoms with van der Waals surface area (Å²) >= 11 is 0. The van der Waals surface area contributed by atoms with Crippen molar-refractivity contribution >= 4 is 26.7 Å². The zero-order chi connectivity index (χ0) is 21.8. The molecule has 160 valence electrons. The Morgan fingerprint density at radius 1 is 1.17 bits per heavy atom. The molecule has 1 aliphatic rings. The number of aliphatic hydroxyl groups is 1. The van der Waals surface area contributed by atoms with Gasteiger partial charge >= 0.3 is 0 Å². The second kappa shape index (κ2) is 7.35. The van der Waals surface area contributed by atoms with Crippen LogP contribution in [-0.4, -0.2) is 40.9 Å². The van der Waals surface area contributed by atoms with Crippen LogP contribution >= 0.6 is 0 Å². The fraction of sp³-hybridized carbons (Fsp3) is 0.455. The normalized spacial score (nSPS) is 18.1. The number of nitrogens with zero attached hydrogens (tertiary/aromatic N) is 4. The standard InChI is InChI=1S/C22H28N4O3S/c1-13(2)21-20-10-16-6-7-17(30(5,28)29)11-19(16)25(20)8-9-26(21)22-23-12-18(15(4)27)14(3)24-22/h6-7,10-13,15,21,27H,8-9H2,1-5H3/t15-,21-/m1/s1. The van der Waals surface area contributed by atoms with E-state index in [4.69, 9.17) is 4.98 Å². The SMILES string of the molecule is Cc1nc(N2CCn3c(cc4ccc(S(C)(=O)=O)cc43)[C@H]2C(C)C)ncc1[C@@H](C)O. The third-order valence-corrected chi connectivity index (χ3v) is 6.99. The summed E-state index contributed by atoms with van der Waals surface area (Å²) in [6, 6.07) is 7.54. The molecule has 30 heavy (non-hydrogen) atoms. The number of aryl methyl sites for hydroxylation is 1. The van der Waals surface area contributed by atoms with Gasteiger partial charge in [-0.2, -0.15) is 0 Å². The van der Waals surface area contributed by atoms with E-state index in [-0.39, 0.29) is 6.04 Å². The number of hydrogen-bond acceptors (Lipinski definition) is 6. The third-order valence-electron chi connectivity index (χ3n) is 5.88. The maximum Gasteiger partial charge on any atom is 0.226 e. The van der Waals surface area contributed by atoms with Crippen molar-refractivity contribution in [3.05, 3.63) is 47.4 Å². The van der Waals surface area contributed by atoms with E-state index in [1.54, 1.807) is 25.3 Å². The molecule has 1 N–H and O–H groups in total. The monoisotopic (exact) mass is 428 g/mol. The van der Waals surface area contributed by atoms with Crippen LogP contribution < -0.4 is 4.90 Å². The van der Waals surface area contributed by atoms with E-state index >= 15 is 0 Å². The lowest BCUT2D eigenvalue weighted by Crippen LogP contribution is -2.41. The van der Waals surface area contributed by atoms with Gasteiger partial charge in [-0.25, -0.2) is 18.4 Å². The summed E-state index contributed by atoms with van der Waals surface area (Å²) in [5, 5.41) is 10.9. The summed E-state index contributed by atoms with van der Waals surface area (Å²) in [6.45, 7) is 9.39. The first kappa shape index (κ1) is 20.8. The lowest BCUT2D eigenvalue weighted by molar-refractivity contribution is 0.197. The van der Waals surface area contributed by atoms with E-state index in [1.165, 1.54) is 6.26 Å². The van der Waals surface area contributed by atoms with Gasteiger partial charge in [-0.15, -0.1) is 0 Å². The smallest absolute Gasteiger partial charge is 0.226 e. The molecule has 8 heteroatoms. The molecule has 0 aliphatic carbocycles. The first-order chi connectivity index (χ1) is 14.1. The van der Waals surface area contributed by atoms with Gasteiger partial charge in [0.1, 0.15) is 0 Å². The van der Waals surface area contributed by atoms with E-state index < -0.39 is 15.9 Å². The molecule has 0 radical (unpaired) electrons. The Morgan fingerprint density at radius 2 is 1.90 bits per heavy atom. The quantitative estimate of drug-likeness (QED) is 0.685. The molecule has 0 unspecified atom stereocenters. The van der Waals surface area contributed by atoms with Crippen molar-refractivity contribution in [3.63, 3.8) is 0 Å². The average Bonchev–Trinajstić information content (AvgIpc) is 3.03. The third kappa shape index (κ3) is 3.48. The van der Waals surface area contributed by atoms with Gasteiger partial charge < -0.3 is 14.6 Å². The molecule has 1 aliphatic heterocycles. The van der Waals surface area contributed by atoms with Gasteiger partial charge in [0, 0.05) is 53.4 Å². The number of fused-ring (bicyclic) bond motifs is 3. The molecule has 4 rings (SSSR count). The van der Waals surface area contributed by atoms with Crippen LogP contribution in [0.15, 0.2) is 35.4 Å². The van der Waals surface area contributed by atoms with Crippen LogP contribution in [0.25, 0.3) is 10.9 Å². The Kier molecular flexibility index (Phi) is 5.10. The maximum absolute atomic E-state index is 12.0. The Labute approximate surface area is 177 Å². The number of aromatic nitrogens is 3. The Balaban J connectivity index is 1.82. The average molecular weight is 429 g/mol. The zero-order valence-corrected chi connectivity index (χ0v) is 18.8. The Morgan fingerprint density at radius 3 is 2.50 bits per heavy atom.